The van der Waals surface area contributed by atoms with Gasteiger partial charge in [-0.1, -0.05) is 0 Å². The van der Waals surface area contributed by atoms with Crippen LogP contribution >= 0.6 is 0 Å². The van der Waals surface area contributed by atoms with Crippen LogP contribution in [0.3, 0.4) is 0 Å². The minimum Gasteiger partial charge on any atom is -0.491 e. The molecule has 0 aromatic heterocycles. The molecule has 2 heterocycles. The molecule has 6 nitrogen and oxygen atoms in total. The number of carbonyl (C=O) groups excluding carboxylic acids is 1. The second kappa shape index (κ2) is 9.30. The van der Waals surface area contributed by atoms with E-state index in [9.17, 15) is 9.18 Å². The van der Waals surface area contributed by atoms with E-state index in [0.29, 0.717) is 18.9 Å². The first-order valence-electron chi connectivity index (χ1n) is 9.16. The molecule has 7 heteroatoms. The maximum absolute atomic E-state index is 12.9. The van der Waals surface area contributed by atoms with Crippen molar-refractivity contribution in [2.24, 2.45) is 0 Å². The van der Waals surface area contributed by atoms with Gasteiger partial charge in [-0.2, -0.15) is 0 Å². The number of piperidine rings is 1. The van der Waals surface area contributed by atoms with E-state index in [2.05, 4.69) is 4.90 Å². The Balaban J connectivity index is 1.47. The molecule has 26 heavy (non-hydrogen) atoms. The molecule has 0 unspecified atom stereocenters. The quantitative estimate of drug-likeness (QED) is 0.733. The lowest BCUT2D eigenvalue weighted by Crippen LogP contribution is -2.55. The minimum absolute atomic E-state index is 0.0540. The maximum atomic E-state index is 12.9. The summed E-state index contributed by atoms with van der Waals surface area (Å²) in [5, 5.41) is 0. The zero-order chi connectivity index (χ0) is 18.4. The third-order valence-corrected chi connectivity index (χ3v) is 5.02. The second-order valence-corrected chi connectivity index (χ2v) is 6.81. The summed E-state index contributed by atoms with van der Waals surface area (Å²) < 4.78 is 29.4. The van der Waals surface area contributed by atoms with Gasteiger partial charge in [0.15, 0.2) is 0 Å². The number of morpholine rings is 1. The minimum atomic E-state index is -0.292. The molecule has 1 aromatic rings. The van der Waals surface area contributed by atoms with Crippen LogP contribution in [-0.4, -0.2) is 81.0 Å². The van der Waals surface area contributed by atoms with Crippen molar-refractivity contribution in [3.05, 3.63) is 30.1 Å². The number of methoxy groups -OCH3 is 1. The highest BCUT2D eigenvalue weighted by molar-refractivity contribution is 5.78. The molecular weight excluding hydrogens is 339 g/mol. The highest BCUT2D eigenvalue weighted by atomic mass is 19.1. The molecule has 3 rings (SSSR count). The maximum Gasteiger partial charge on any atom is 0.248 e. The van der Waals surface area contributed by atoms with Crippen LogP contribution < -0.4 is 4.74 Å². The van der Waals surface area contributed by atoms with Crippen LogP contribution in [-0.2, 0) is 14.3 Å². The molecule has 0 aliphatic carbocycles. The van der Waals surface area contributed by atoms with Crippen LogP contribution in [0.25, 0.3) is 0 Å². The Morgan fingerprint density at radius 2 is 1.96 bits per heavy atom. The first-order chi connectivity index (χ1) is 12.7. The van der Waals surface area contributed by atoms with Gasteiger partial charge in [0.05, 0.1) is 13.2 Å². The molecule has 2 aliphatic rings. The lowest BCUT2D eigenvalue weighted by Gasteiger charge is -2.42. The van der Waals surface area contributed by atoms with Crippen LogP contribution in [0.2, 0.25) is 0 Å². The number of amides is 1. The Bertz CT molecular complexity index is 575. The Morgan fingerprint density at radius 1 is 1.23 bits per heavy atom. The van der Waals surface area contributed by atoms with Crippen molar-refractivity contribution in [3.63, 3.8) is 0 Å². The van der Waals surface area contributed by atoms with Crippen molar-refractivity contribution in [2.45, 2.75) is 25.0 Å². The molecule has 1 atom stereocenters. The Labute approximate surface area is 153 Å². The van der Waals surface area contributed by atoms with Crippen LogP contribution in [0.5, 0.6) is 5.75 Å². The van der Waals surface area contributed by atoms with Gasteiger partial charge in [-0.25, -0.2) is 4.39 Å². The molecular formula is C19H27FN2O4. The number of hydrogen-bond acceptors (Lipinski definition) is 5. The van der Waals surface area contributed by atoms with Crippen molar-refractivity contribution in [2.75, 3.05) is 53.1 Å². The fraction of sp³-hybridized carbons (Fsp3) is 0.632. The number of halogens is 1. The van der Waals surface area contributed by atoms with E-state index in [4.69, 9.17) is 14.2 Å². The molecule has 2 saturated heterocycles. The van der Waals surface area contributed by atoms with E-state index in [1.165, 1.54) is 12.1 Å². The topological polar surface area (TPSA) is 51.2 Å². The third kappa shape index (κ3) is 5.16. The first-order valence-corrected chi connectivity index (χ1v) is 9.16. The molecule has 0 radical (unpaired) electrons. The van der Waals surface area contributed by atoms with Crippen LogP contribution in [0.15, 0.2) is 24.3 Å². The Morgan fingerprint density at radius 3 is 2.65 bits per heavy atom. The standard InChI is InChI=1S/C19H27FN2O4/c1-24-11-10-21-8-6-16(7-9-21)22-12-18(26-14-19(22)23)13-25-17-4-2-15(20)3-5-17/h2-5,16,18H,6-14H2,1H3/t18-/m0/s1. The van der Waals surface area contributed by atoms with Crippen molar-refractivity contribution < 1.29 is 23.4 Å². The third-order valence-electron chi connectivity index (χ3n) is 5.02. The van der Waals surface area contributed by atoms with Gasteiger partial charge in [0.25, 0.3) is 0 Å². The van der Waals surface area contributed by atoms with Crippen molar-refractivity contribution in [3.8, 4) is 5.75 Å². The van der Waals surface area contributed by atoms with Gasteiger partial charge in [0.1, 0.15) is 30.9 Å². The van der Waals surface area contributed by atoms with Crippen LogP contribution in [0, 0.1) is 5.82 Å². The van der Waals surface area contributed by atoms with E-state index in [1.54, 1.807) is 19.2 Å². The zero-order valence-corrected chi connectivity index (χ0v) is 15.2. The van der Waals surface area contributed by atoms with Crippen molar-refractivity contribution in [1.29, 1.82) is 0 Å². The van der Waals surface area contributed by atoms with Gasteiger partial charge in [0, 0.05) is 32.8 Å². The summed E-state index contributed by atoms with van der Waals surface area (Å²) >= 11 is 0. The summed E-state index contributed by atoms with van der Waals surface area (Å²) in [5.41, 5.74) is 0. The number of benzene rings is 1. The Hall–Kier alpha value is -1.70. The van der Waals surface area contributed by atoms with Gasteiger partial charge >= 0.3 is 0 Å². The van der Waals surface area contributed by atoms with Gasteiger partial charge < -0.3 is 24.0 Å². The molecule has 0 spiro atoms. The lowest BCUT2D eigenvalue weighted by atomic mass is 10.0. The molecule has 0 saturated carbocycles. The molecule has 2 fully saturated rings. The highest BCUT2D eigenvalue weighted by Gasteiger charge is 2.33. The van der Waals surface area contributed by atoms with Gasteiger partial charge in [0.2, 0.25) is 5.91 Å². The average Bonchev–Trinajstić information content (AvgIpc) is 2.67. The van der Waals surface area contributed by atoms with E-state index in [1.807, 2.05) is 4.90 Å². The molecule has 0 bridgehead atoms. The number of ether oxygens (including phenoxy) is 3. The summed E-state index contributed by atoms with van der Waals surface area (Å²) in [6, 6.07) is 6.18. The molecule has 1 aromatic carbocycles. The fourth-order valence-corrected chi connectivity index (χ4v) is 3.49. The smallest absolute Gasteiger partial charge is 0.248 e. The molecule has 1 amide bonds. The van der Waals surface area contributed by atoms with E-state index in [-0.39, 0.29) is 30.5 Å². The SMILES string of the molecule is COCCN1CCC(N2C[C@@H](COc3ccc(F)cc3)OCC2=O)CC1. The van der Waals surface area contributed by atoms with Crippen LogP contribution in [0.4, 0.5) is 4.39 Å². The normalized spacial score (nSPS) is 22.6. The van der Waals surface area contributed by atoms with Gasteiger partial charge in [-0.15, -0.1) is 0 Å². The largest absolute Gasteiger partial charge is 0.491 e. The predicted octanol–water partition coefficient (Wildman–Crippen LogP) is 1.54. The number of nitrogens with zero attached hydrogens (tertiary/aromatic N) is 2. The van der Waals surface area contributed by atoms with Crippen LogP contribution in [0.1, 0.15) is 12.8 Å². The number of rotatable bonds is 7. The summed E-state index contributed by atoms with van der Waals surface area (Å²) in [4.78, 5) is 16.6. The van der Waals surface area contributed by atoms with E-state index in [0.717, 1.165) is 39.1 Å². The second-order valence-electron chi connectivity index (χ2n) is 6.81. The fourth-order valence-electron chi connectivity index (χ4n) is 3.49. The summed E-state index contributed by atoms with van der Waals surface area (Å²) in [5.74, 6) is 0.364. The highest BCUT2D eigenvalue weighted by Crippen LogP contribution is 2.21. The Kier molecular flexibility index (Phi) is 6.82. The van der Waals surface area contributed by atoms with E-state index >= 15 is 0 Å². The zero-order valence-electron chi connectivity index (χ0n) is 15.2. The predicted molar refractivity (Wildman–Crippen MR) is 94.7 cm³/mol. The molecule has 0 N–H and O–H groups in total. The summed E-state index contributed by atoms with van der Waals surface area (Å²) in [6.07, 6.45) is 1.78. The van der Waals surface area contributed by atoms with E-state index < -0.39 is 0 Å². The average molecular weight is 366 g/mol. The summed E-state index contributed by atoms with van der Waals surface area (Å²) in [6.45, 7) is 4.63. The number of hydrogen-bond donors (Lipinski definition) is 0. The van der Waals surface area contributed by atoms with Crippen molar-refractivity contribution in [1.82, 2.24) is 9.80 Å². The monoisotopic (exact) mass is 366 g/mol. The van der Waals surface area contributed by atoms with Gasteiger partial charge in [-0.05, 0) is 37.1 Å². The summed E-state index contributed by atoms with van der Waals surface area (Å²) in [7, 11) is 1.72. The van der Waals surface area contributed by atoms with Gasteiger partial charge in [-0.3, -0.25) is 4.79 Å². The lowest BCUT2D eigenvalue weighted by molar-refractivity contribution is -0.155. The first kappa shape index (κ1) is 19.1. The molecule has 144 valence electrons. The van der Waals surface area contributed by atoms with Crippen molar-refractivity contribution >= 4 is 5.91 Å². The number of likely N-dealkylation sites (tertiary alicyclic amines) is 1. The number of carbonyl (C=O) groups is 1. The molecule has 2 aliphatic heterocycles.